The predicted molar refractivity (Wildman–Crippen MR) is 134 cm³/mol. The maximum absolute atomic E-state index is 13.2. The highest BCUT2D eigenvalue weighted by Crippen LogP contribution is 2.47. The fourth-order valence-electron chi connectivity index (χ4n) is 4.17. The SMILES string of the molecule is COc1cc(O)c2c(c1)[C@H]1O[C@@H]1C[C@H](OC(=O)CCC(=O)O)[C@H](OC(=O)CCC(=O)O)C(=O)/C=C\C[C@H](C)OC2=O. The van der Waals surface area contributed by atoms with E-state index in [4.69, 9.17) is 33.9 Å². The number of carbonyl (C=O) groups excluding carboxylic acids is 4. The zero-order valence-electron chi connectivity index (χ0n) is 22.3. The van der Waals surface area contributed by atoms with Crippen LogP contribution in [0, 0.1) is 0 Å². The summed E-state index contributed by atoms with van der Waals surface area (Å²) in [7, 11) is 1.35. The zero-order valence-corrected chi connectivity index (χ0v) is 22.3. The van der Waals surface area contributed by atoms with E-state index in [-0.39, 0.29) is 29.7 Å². The van der Waals surface area contributed by atoms with Crippen LogP contribution in [0.2, 0.25) is 0 Å². The molecule has 0 amide bonds. The lowest BCUT2D eigenvalue weighted by Gasteiger charge is -2.25. The average molecular weight is 579 g/mol. The second-order valence-corrected chi connectivity index (χ2v) is 9.42. The highest BCUT2D eigenvalue weighted by molar-refractivity contribution is 5.96. The molecule has 222 valence electrons. The maximum atomic E-state index is 13.2. The van der Waals surface area contributed by atoms with Crippen LogP contribution in [0.5, 0.6) is 11.5 Å². The first-order chi connectivity index (χ1) is 19.4. The highest BCUT2D eigenvalue weighted by Gasteiger charge is 2.48. The van der Waals surface area contributed by atoms with Crippen LogP contribution >= 0.6 is 0 Å². The van der Waals surface area contributed by atoms with E-state index in [1.165, 1.54) is 25.3 Å². The molecule has 1 fully saturated rings. The second-order valence-electron chi connectivity index (χ2n) is 9.42. The van der Waals surface area contributed by atoms with Crippen LogP contribution in [0.4, 0.5) is 0 Å². The van der Waals surface area contributed by atoms with Gasteiger partial charge in [0.15, 0.2) is 5.78 Å². The number of carbonyl (C=O) groups is 6. The number of fused-ring (bicyclic) bond motifs is 3. The van der Waals surface area contributed by atoms with Gasteiger partial charge in [-0.25, -0.2) is 4.79 Å². The van der Waals surface area contributed by atoms with Gasteiger partial charge in [-0.1, -0.05) is 6.08 Å². The minimum absolute atomic E-state index is 0.0367. The molecule has 0 saturated carbocycles. The van der Waals surface area contributed by atoms with Crippen LogP contribution in [0.25, 0.3) is 0 Å². The first-order valence-electron chi connectivity index (χ1n) is 12.7. The molecule has 2 heterocycles. The lowest BCUT2D eigenvalue weighted by Crippen LogP contribution is -2.41. The number of hydrogen-bond acceptors (Lipinski definition) is 12. The third kappa shape index (κ3) is 8.76. The molecule has 1 aromatic rings. The fourth-order valence-corrected chi connectivity index (χ4v) is 4.17. The summed E-state index contributed by atoms with van der Waals surface area (Å²) in [5.74, 6) is -6.44. The molecule has 0 aromatic heterocycles. The Labute approximate surface area is 233 Å². The van der Waals surface area contributed by atoms with E-state index in [0.29, 0.717) is 0 Å². The number of benzene rings is 1. The summed E-state index contributed by atoms with van der Waals surface area (Å²) < 4.78 is 27.0. The Kier molecular flexibility index (Phi) is 10.4. The number of phenolic OH excluding ortho intramolecular Hbond substituents is 1. The van der Waals surface area contributed by atoms with Gasteiger partial charge in [-0.15, -0.1) is 0 Å². The summed E-state index contributed by atoms with van der Waals surface area (Å²) in [4.78, 5) is 72.9. The van der Waals surface area contributed by atoms with Crippen molar-refractivity contribution in [1.82, 2.24) is 0 Å². The minimum Gasteiger partial charge on any atom is -0.507 e. The van der Waals surface area contributed by atoms with Crippen LogP contribution in [0.15, 0.2) is 24.3 Å². The molecular weight excluding hydrogens is 548 g/mol. The molecule has 41 heavy (non-hydrogen) atoms. The van der Waals surface area contributed by atoms with Crippen molar-refractivity contribution in [2.45, 2.75) is 76.0 Å². The van der Waals surface area contributed by atoms with Gasteiger partial charge in [-0.3, -0.25) is 24.0 Å². The van der Waals surface area contributed by atoms with Crippen molar-refractivity contribution in [2.24, 2.45) is 0 Å². The number of aromatic hydroxyl groups is 1. The molecular formula is C27H30O14. The Morgan fingerprint density at radius 3 is 2.22 bits per heavy atom. The smallest absolute Gasteiger partial charge is 0.342 e. The summed E-state index contributed by atoms with van der Waals surface area (Å²) in [5.41, 5.74) is 0.0304. The van der Waals surface area contributed by atoms with Crippen molar-refractivity contribution in [3.8, 4) is 11.5 Å². The molecule has 3 rings (SSSR count). The summed E-state index contributed by atoms with van der Waals surface area (Å²) in [6.07, 6.45) is -5.67. The molecule has 0 spiro atoms. The largest absolute Gasteiger partial charge is 0.507 e. The van der Waals surface area contributed by atoms with Crippen LogP contribution in [0.3, 0.4) is 0 Å². The number of ether oxygens (including phenoxy) is 5. The number of aliphatic carboxylic acids is 2. The molecule has 0 bridgehead atoms. The lowest BCUT2D eigenvalue weighted by molar-refractivity contribution is -0.172. The van der Waals surface area contributed by atoms with E-state index in [1.807, 2.05) is 0 Å². The normalized spacial score (nSPS) is 24.9. The molecule has 3 N–H and O–H groups in total. The monoisotopic (exact) mass is 578 g/mol. The lowest BCUT2D eigenvalue weighted by atomic mass is 9.96. The van der Waals surface area contributed by atoms with Crippen molar-refractivity contribution in [1.29, 1.82) is 0 Å². The van der Waals surface area contributed by atoms with Crippen molar-refractivity contribution < 1.29 is 67.8 Å². The highest BCUT2D eigenvalue weighted by atomic mass is 16.6. The standard InChI is InChI=1S/C27H30O14/c1-13-4-3-5-16(28)26(41-23(35)9-7-21(32)33)19(39-22(34)8-6-20(30)31)12-18-25(40-18)15-10-14(37-2)11-17(29)24(15)27(36)38-13/h3,5,10-11,13,18-19,25-26,29H,4,6-9,12H2,1-2H3,(H,30,31)(H,32,33)/b5-3-/t13-,18+,19-,25+,26+/m0/s1. The number of hydrogen-bond donors (Lipinski definition) is 3. The number of carboxylic acids is 2. The van der Waals surface area contributed by atoms with E-state index in [9.17, 15) is 33.9 Å². The van der Waals surface area contributed by atoms with Crippen molar-refractivity contribution in [3.05, 3.63) is 35.4 Å². The van der Waals surface area contributed by atoms with Crippen molar-refractivity contribution in [2.75, 3.05) is 7.11 Å². The predicted octanol–water partition coefficient (Wildman–Crippen LogP) is 1.86. The van der Waals surface area contributed by atoms with Crippen LogP contribution in [-0.4, -0.2) is 82.5 Å². The van der Waals surface area contributed by atoms with E-state index >= 15 is 0 Å². The number of carboxylic acid groups (broad SMARTS) is 2. The Balaban J connectivity index is 2.00. The molecule has 0 unspecified atom stereocenters. The summed E-state index contributed by atoms with van der Waals surface area (Å²) in [6.45, 7) is 1.55. The molecule has 5 atom stereocenters. The third-order valence-corrected chi connectivity index (χ3v) is 6.22. The Morgan fingerprint density at radius 1 is 0.976 bits per heavy atom. The Hall–Kier alpha value is -4.46. The van der Waals surface area contributed by atoms with E-state index in [2.05, 4.69) is 0 Å². The van der Waals surface area contributed by atoms with Gasteiger partial charge in [0.25, 0.3) is 0 Å². The molecule has 0 radical (unpaired) electrons. The number of ketones is 1. The molecule has 14 nitrogen and oxygen atoms in total. The number of epoxide rings is 1. The van der Waals surface area contributed by atoms with Crippen molar-refractivity contribution in [3.63, 3.8) is 0 Å². The molecule has 1 saturated heterocycles. The van der Waals surface area contributed by atoms with Gasteiger partial charge in [0.05, 0.1) is 38.9 Å². The van der Waals surface area contributed by atoms with Gasteiger partial charge in [-0.05, 0) is 19.1 Å². The summed E-state index contributed by atoms with van der Waals surface area (Å²) >= 11 is 0. The van der Waals surface area contributed by atoms with Gasteiger partial charge in [0.2, 0.25) is 6.10 Å². The number of rotatable bonds is 9. The Morgan fingerprint density at radius 2 is 1.61 bits per heavy atom. The van der Waals surface area contributed by atoms with Gasteiger partial charge < -0.3 is 39.0 Å². The number of phenols is 1. The van der Waals surface area contributed by atoms with Gasteiger partial charge in [-0.2, -0.15) is 0 Å². The first-order valence-corrected chi connectivity index (χ1v) is 12.7. The molecule has 2 aliphatic heterocycles. The van der Waals surface area contributed by atoms with Crippen molar-refractivity contribution >= 4 is 35.6 Å². The average Bonchev–Trinajstić information content (AvgIpc) is 3.66. The third-order valence-electron chi connectivity index (χ3n) is 6.22. The van der Waals surface area contributed by atoms with Gasteiger partial charge in [0.1, 0.15) is 35.4 Å². The fraction of sp³-hybridized carbons (Fsp3) is 0.481. The molecule has 2 aliphatic rings. The minimum atomic E-state index is -1.72. The second kappa shape index (κ2) is 13.7. The van der Waals surface area contributed by atoms with E-state index in [1.54, 1.807) is 6.92 Å². The number of esters is 3. The summed E-state index contributed by atoms with van der Waals surface area (Å²) in [5, 5.41) is 28.4. The van der Waals surface area contributed by atoms with E-state index in [0.717, 1.165) is 6.08 Å². The van der Waals surface area contributed by atoms with Crippen LogP contribution < -0.4 is 4.74 Å². The number of methoxy groups -OCH3 is 1. The maximum Gasteiger partial charge on any atom is 0.342 e. The first kappa shape index (κ1) is 31.1. The molecule has 1 aromatic carbocycles. The Bertz CT molecular complexity index is 1230. The van der Waals surface area contributed by atoms with E-state index < -0.39 is 97.6 Å². The van der Waals surface area contributed by atoms with Gasteiger partial charge in [0, 0.05) is 24.5 Å². The molecule has 0 aliphatic carbocycles. The van der Waals surface area contributed by atoms with Crippen LogP contribution in [-0.2, 0) is 42.9 Å². The molecule has 14 heteroatoms. The van der Waals surface area contributed by atoms with Gasteiger partial charge >= 0.3 is 29.8 Å². The summed E-state index contributed by atoms with van der Waals surface area (Å²) in [6, 6.07) is 2.68. The van der Waals surface area contributed by atoms with Crippen LogP contribution in [0.1, 0.15) is 67.5 Å². The quantitative estimate of drug-likeness (QED) is 0.217. The topological polar surface area (TPSA) is 213 Å². The zero-order chi connectivity index (χ0) is 30.3. The number of cyclic esters (lactones) is 1.